The number of hydrogen-bond donors (Lipinski definition) is 3. The molecule has 5 rings (SSSR count). The number of ether oxygens (including phenoxy) is 5. The number of hydrogen-bond acceptors (Lipinski definition) is 17. The van der Waals surface area contributed by atoms with Gasteiger partial charge in [0, 0.05) is 41.8 Å². The molecule has 3 aliphatic heterocycles. The normalized spacial score (nSPS) is 37.3. The van der Waals surface area contributed by atoms with Gasteiger partial charge in [-0.2, -0.15) is 0 Å². The number of likely N-dealkylation sites (N-methyl/N-ethyl adjacent to an activating group) is 1. The van der Waals surface area contributed by atoms with Crippen molar-refractivity contribution in [3.05, 3.63) is 36.4 Å². The van der Waals surface area contributed by atoms with Gasteiger partial charge in [-0.05, 0) is 73.2 Å². The van der Waals surface area contributed by atoms with E-state index in [-0.39, 0.29) is 56.3 Å². The van der Waals surface area contributed by atoms with Crippen LogP contribution >= 0.6 is 0 Å². The molecule has 3 saturated heterocycles. The van der Waals surface area contributed by atoms with Crippen LogP contribution < -0.4 is 5.73 Å². The lowest BCUT2D eigenvalue weighted by Gasteiger charge is -2.47. The highest BCUT2D eigenvalue weighted by molar-refractivity contribution is 6.00. The van der Waals surface area contributed by atoms with E-state index in [2.05, 4.69) is 20.1 Å². The summed E-state index contributed by atoms with van der Waals surface area (Å²) in [5.74, 6) is -4.89. The quantitative estimate of drug-likeness (QED) is 0.197. The van der Waals surface area contributed by atoms with E-state index < -0.39 is 77.3 Å². The summed E-state index contributed by atoms with van der Waals surface area (Å²) in [6.45, 7) is 12.7. The third kappa shape index (κ3) is 10.5. The Morgan fingerprint density at radius 2 is 1.71 bits per heavy atom. The average molecular weight is 827 g/mol. The molecule has 13 atom stereocenters. The number of aliphatic hydroxyl groups excluding tert-OH is 1. The number of aliphatic hydroxyl groups is 2. The van der Waals surface area contributed by atoms with Crippen LogP contribution in [0.2, 0.25) is 0 Å². The molecule has 3 aliphatic rings. The van der Waals surface area contributed by atoms with Crippen LogP contribution in [0.25, 0.3) is 11.3 Å². The van der Waals surface area contributed by atoms with E-state index in [4.69, 9.17) is 34.3 Å². The van der Waals surface area contributed by atoms with Crippen molar-refractivity contribution in [3.63, 3.8) is 0 Å². The third-order valence-electron chi connectivity index (χ3n) is 12.0. The molecule has 17 nitrogen and oxygen atoms in total. The highest BCUT2D eigenvalue weighted by Gasteiger charge is 2.53. The molecule has 59 heavy (non-hydrogen) atoms. The molecule has 3 fully saturated rings. The molecule has 326 valence electrons. The van der Waals surface area contributed by atoms with E-state index in [1.807, 2.05) is 25.9 Å². The van der Waals surface area contributed by atoms with E-state index in [0.29, 0.717) is 29.3 Å². The minimum Gasteiger partial charge on any atom is -0.459 e. The zero-order chi connectivity index (χ0) is 43.4. The molecule has 0 amide bonds. The smallest absolute Gasteiger partial charge is 0.316 e. The molecular formula is C42H62N6O11. The summed E-state index contributed by atoms with van der Waals surface area (Å²) in [4.78, 5) is 63.3. The Balaban J connectivity index is 1.56. The Hall–Kier alpha value is -3.97. The van der Waals surface area contributed by atoms with Crippen LogP contribution in [0.4, 0.5) is 5.82 Å². The number of fused-ring (bicyclic) bond motifs is 5. The van der Waals surface area contributed by atoms with E-state index in [0.717, 1.165) is 0 Å². The van der Waals surface area contributed by atoms with Crippen molar-refractivity contribution in [2.45, 2.75) is 135 Å². The number of carbonyl (C=O) groups excluding carboxylic acids is 3. The first kappa shape index (κ1) is 46.1. The van der Waals surface area contributed by atoms with Gasteiger partial charge in [-0.15, -0.1) is 0 Å². The Kier molecular flexibility index (Phi) is 15.0. The second-order valence-corrected chi connectivity index (χ2v) is 17.0. The van der Waals surface area contributed by atoms with Crippen molar-refractivity contribution in [2.75, 3.05) is 33.0 Å². The van der Waals surface area contributed by atoms with Gasteiger partial charge in [-0.1, -0.05) is 38.9 Å². The first-order valence-electron chi connectivity index (χ1n) is 20.4. The molecule has 17 heteroatoms. The zero-order valence-corrected chi connectivity index (χ0v) is 35.9. The maximum Gasteiger partial charge on any atom is 0.316 e. The van der Waals surface area contributed by atoms with E-state index >= 15 is 0 Å². The number of rotatable bonds is 8. The van der Waals surface area contributed by atoms with Gasteiger partial charge in [0.2, 0.25) is 0 Å². The summed E-state index contributed by atoms with van der Waals surface area (Å²) < 4.78 is 31.9. The monoisotopic (exact) mass is 826 g/mol. The van der Waals surface area contributed by atoms with Crippen molar-refractivity contribution >= 4 is 29.1 Å². The van der Waals surface area contributed by atoms with Crippen LogP contribution in [0.3, 0.4) is 0 Å². The topological polar surface area (TPSA) is 227 Å². The number of esters is 1. The van der Waals surface area contributed by atoms with Gasteiger partial charge in [0.05, 0.1) is 42.8 Å². The lowest BCUT2D eigenvalue weighted by Crippen LogP contribution is -2.60. The maximum atomic E-state index is 14.4. The second-order valence-electron chi connectivity index (χ2n) is 17.0. The molecule has 0 aliphatic carbocycles. The van der Waals surface area contributed by atoms with Crippen LogP contribution in [-0.4, -0.2) is 135 Å². The summed E-state index contributed by atoms with van der Waals surface area (Å²) in [5, 5.41) is 28.1. The standard InChI is InChI=1S/C42H62N6O11/c1-11-31-42(8,53)38-24(4)34(49)22(2)16-41(7,37(25(5)35(50)26(6)39(52)58-31)59-40-36(51)30(48(9)10)15-23(3)57-40)55-20-28(19-54-38)47-56-21-33-44-17-27(18-45-33)29-13-12-14-32(43)46-29/h12-14,17-18,22-26,30-31,36-38,40,51,53H,11,15-16,19-21H2,1-10H3,(H2,43,46)/b47-28+/t22-,23-,24+,25+,26-,30+,31-,36-,37-,38+,40+,41-,42-/m1/s1. The maximum absolute atomic E-state index is 14.4. The minimum absolute atomic E-state index is 0.0368. The lowest BCUT2D eigenvalue weighted by molar-refractivity contribution is -0.296. The molecule has 0 aromatic carbocycles. The molecule has 4 N–H and O–H groups in total. The SMILES string of the molecule is CC[C@H]1OC(=O)[C@H](C)C(=O)[C@H](C)[C@@H](O[C@@H]2O[C@H](C)C[C@H](N(C)C)[C@H]2O)[C@@]2(C)C[C@@H](C)C(=O)[C@H](C)[C@H](OC/C(=N\OCc3ncc(-c4cccc(N)n4)cn3)CO2)[C@]1(C)O. The van der Waals surface area contributed by atoms with Gasteiger partial charge < -0.3 is 49.4 Å². The van der Waals surface area contributed by atoms with E-state index in [9.17, 15) is 24.6 Å². The summed E-state index contributed by atoms with van der Waals surface area (Å²) in [7, 11) is 3.71. The molecule has 2 aromatic heterocycles. The Morgan fingerprint density at radius 3 is 2.36 bits per heavy atom. The zero-order valence-electron chi connectivity index (χ0n) is 35.9. The Labute approximate surface area is 346 Å². The minimum atomic E-state index is -1.89. The van der Waals surface area contributed by atoms with Crippen LogP contribution in [-0.2, 0) is 49.5 Å². The fourth-order valence-corrected chi connectivity index (χ4v) is 8.56. The molecule has 2 aromatic rings. The Bertz CT molecular complexity index is 1810. The Morgan fingerprint density at radius 1 is 1.02 bits per heavy atom. The van der Waals surface area contributed by atoms with Crippen molar-refractivity contribution < 1.29 is 53.1 Å². The predicted molar refractivity (Wildman–Crippen MR) is 215 cm³/mol. The number of nitrogen functional groups attached to an aromatic ring is 1. The summed E-state index contributed by atoms with van der Waals surface area (Å²) >= 11 is 0. The molecule has 0 saturated carbocycles. The van der Waals surface area contributed by atoms with Crippen molar-refractivity contribution in [1.82, 2.24) is 19.9 Å². The number of nitrogens with two attached hydrogens (primary N) is 1. The molecule has 5 heterocycles. The molecular weight excluding hydrogens is 764 g/mol. The number of Topliss-reactive ketones (excluding diaryl/α,β-unsaturated/α-hetero) is 2. The van der Waals surface area contributed by atoms with Gasteiger partial charge in [0.25, 0.3) is 0 Å². The van der Waals surface area contributed by atoms with Crippen LogP contribution in [0.1, 0.15) is 80.5 Å². The fraction of sp³-hybridized carbons (Fsp3) is 0.690. The van der Waals surface area contributed by atoms with Crippen molar-refractivity contribution in [3.8, 4) is 11.3 Å². The van der Waals surface area contributed by atoms with Crippen LogP contribution in [0, 0.1) is 23.7 Å². The van der Waals surface area contributed by atoms with Crippen LogP contribution in [0.15, 0.2) is 35.7 Å². The number of anilines is 1. The molecule has 0 unspecified atom stereocenters. The second kappa shape index (κ2) is 19.2. The average Bonchev–Trinajstić information content (AvgIpc) is 3.21. The summed E-state index contributed by atoms with van der Waals surface area (Å²) in [6, 6.07) is 4.93. The third-order valence-corrected chi connectivity index (χ3v) is 12.0. The van der Waals surface area contributed by atoms with E-state index in [1.165, 1.54) is 13.8 Å². The largest absolute Gasteiger partial charge is 0.459 e. The first-order valence-corrected chi connectivity index (χ1v) is 20.4. The number of carbonyl (C=O) groups is 3. The number of aromatic nitrogens is 3. The number of nitrogens with zero attached hydrogens (tertiary/aromatic N) is 5. The van der Waals surface area contributed by atoms with Crippen molar-refractivity contribution in [1.29, 1.82) is 0 Å². The van der Waals surface area contributed by atoms with Gasteiger partial charge in [-0.3, -0.25) is 14.4 Å². The molecule has 2 bridgehead atoms. The first-order chi connectivity index (χ1) is 27.8. The van der Waals surface area contributed by atoms with Crippen LogP contribution in [0.5, 0.6) is 0 Å². The van der Waals surface area contributed by atoms with Gasteiger partial charge >= 0.3 is 5.97 Å². The van der Waals surface area contributed by atoms with Crippen molar-refractivity contribution in [2.24, 2.45) is 28.8 Å². The van der Waals surface area contributed by atoms with Gasteiger partial charge in [0.1, 0.15) is 41.0 Å². The summed E-state index contributed by atoms with van der Waals surface area (Å²) in [5.41, 5.74) is 4.00. The number of ketones is 2. The summed E-state index contributed by atoms with van der Waals surface area (Å²) in [6.07, 6.45) is -2.23. The molecule has 0 spiro atoms. The number of pyridine rings is 1. The number of cyclic esters (lactones) is 1. The van der Waals surface area contributed by atoms with Gasteiger partial charge in [0.15, 0.2) is 24.5 Å². The fourth-order valence-electron chi connectivity index (χ4n) is 8.56. The van der Waals surface area contributed by atoms with Gasteiger partial charge in [-0.25, -0.2) is 15.0 Å². The highest BCUT2D eigenvalue weighted by atomic mass is 16.7. The predicted octanol–water partition coefficient (Wildman–Crippen LogP) is 3.14. The van der Waals surface area contributed by atoms with E-state index in [1.54, 1.807) is 65.2 Å². The number of oxime groups is 1. The lowest BCUT2D eigenvalue weighted by atomic mass is 9.74. The highest BCUT2D eigenvalue weighted by Crippen LogP contribution is 2.39. The molecule has 0 radical (unpaired) electrons.